The molecule has 0 radical (unpaired) electrons. The number of nitrogens with zero attached hydrogens (tertiary/aromatic N) is 1. The van der Waals surface area contributed by atoms with Crippen LogP contribution in [0.1, 0.15) is 39.7 Å². The van der Waals surface area contributed by atoms with E-state index in [1.807, 2.05) is 18.0 Å². The minimum atomic E-state index is 0.201. The van der Waals surface area contributed by atoms with E-state index in [9.17, 15) is 0 Å². The molecule has 1 aromatic heterocycles. The molecular formula is C15H24N2OS. The van der Waals surface area contributed by atoms with Crippen molar-refractivity contribution in [1.82, 2.24) is 10.3 Å². The van der Waals surface area contributed by atoms with E-state index in [-0.39, 0.29) is 4.75 Å². The molecule has 0 bridgehead atoms. The number of hydrogen-bond donors (Lipinski definition) is 1. The van der Waals surface area contributed by atoms with Crippen molar-refractivity contribution in [3.8, 4) is 0 Å². The Kier molecular flexibility index (Phi) is 4.87. The lowest BCUT2D eigenvalue weighted by atomic mass is 10.1. The first-order chi connectivity index (χ1) is 8.94. The standard InChI is InChI=1S/C15H24N2OS/c1-11-13(6-8-18-11)17-10-12-5-7-16-14(9-12)19-15(2,3)4/h5,7,9,11,13,17H,6,8,10H2,1-4H3/t11-,13-/m0/s1. The highest BCUT2D eigenvalue weighted by Gasteiger charge is 2.23. The maximum absolute atomic E-state index is 5.56. The number of aromatic nitrogens is 1. The zero-order valence-corrected chi connectivity index (χ0v) is 13.1. The van der Waals surface area contributed by atoms with Gasteiger partial charge in [-0.25, -0.2) is 4.98 Å². The molecule has 0 amide bonds. The van der Waals surface area contributed by atoms with Crippen LogP contribution in [-0.2, 0) is 11.3 Å². The van der Waals surface area contributed by atoms with Crippen molar-refractivity contribution in [2.45, 2.75) is 62.6 Å². The summed E-state index contributed by atoms with van der Waals surface area (Å²) in [5, 5.41) is 4.68. The highest BCUT2D eigenvalue weighted by Crippen LogP contribution is 2.30. The van der Waals surface area contributed by atoms with Gasteiger partial charge >= 0.3 is 0 Å². The second-order valence-electron chi connectivity index (χ2n) is 6.07. The number of rotatable bonds is 4. The van der Waals surface area contributed by atoms with Crippen LogP contribution < -0.4 is 5.32 Å². The summed E-state index contributed by atoms with van der Waals surface area (Å²) < 4.78 is 5.77. The van der Waals surface area contributed by atoms with E-state index in [4.69, 9.17) is 4.74 Å². The summed E-state index contributed by atoms with van der Waals surface area (Å²) in [6, 6.07) is 4.75. The van der Waals surface area contributed by atoms with Gasteiger partial charge in [0.25, 0.3) is 0 Å². The van der Waals surface area contributed by atoms with Gasteiger partial charge in [0.2, 0.25) is 0 Å². The maximum Gasteiger partial charge on any atom is 0.0968 e. The lowest BCUT2D eigenvalue weighted by molar-refractivity contribution is 0.113. The predicted octanol–water partition coefficient (Wildman–Crippen LogP) is 3.24. The summed E-state index contributed by atoms with van der Waals surface area (Å²) in [5.74, 6) is 0. The van der Waals surface area contributed by atoms with Crippen molar-refractivity contribution in [1.29, 1.82) is 0 Å². The Balaban J connectivity index is 1.91. The molecule has 0 aromatic carbocycles. The maximum atomic E-state index is 5.56. The number of thioether (sulfide) groups is 1. The van der Waals surface area contributed by atoms with Gasteiger partial charge in [-0.1, -0.05) is 20.8 Å². The SMILES string of the molecule is C[C@@H]1OCC[C@@H]1NCc1ccnc(SC(C)(C)C)c1. The zero-order valence-electron chi connectivity index (χ0n) is 12.3. The Morgan fingerprint density at radius 1 is 1.47 bits per heavy atom. The van der Waals surface area contributed by atoms with Crippen LogP contribution in [0.3, 0.4) is 0 Å². The lowest BCUT2D eigenvalue weighted by Gasteiger charge is -2.18. The Bertz CT molecular complexity index is 417. The molecule has 19 heavy (non-hydrogen) atoms. The number of pyridine rings is 1. The van der Waals surface area contributed by atoms with Gasteiger partial charge in [0.15, 0.2) is 0 Å². The molecule has 1 aliphatic heterocycles. The third kappa shape index (κ3) is 4.79. The van der Waals surface area contributed by atoms with Crippen LogP contribution in [0.5, 0.6) is 0 Å². The van der Waals surface area contributed by atoms with Crippen LogP contribution in [0.25, 0.3) is 0 Å². The molecule has 1 N–H and O–H groups in total. The van der Waals surface area contributed by atoms with Gasteiger partial charge in [-0.05, 0) is 31.0 Å². The van der Waals surface area contributed by atoms with Crippen LogP contribution in [0.2, 0.25) is 0 Å². The van der Waals surface area contributed by atoms with Crippen molar-refractivity contribution in [2.24, 2.45) is 0 Å². The summed E-state index contributed by atoms with van der Waals surface area (Å²) >= 11 is 1.81. The molecule has 2 atom stereocenters. The first-order valence-corrected chi connectivity index (χ1v) is 7.75. The molecule has 2 heterocycles. The molecule has 1 fully saturated rings. The normalized spacial score (nSPS) is 23.8. The van der Waals surface area contributed by atoms with E-state index in [1.54, 1.807) is 0 Å². The number of hydrogen-bond acceptors (Lipinski definition) is 4. The lowest BCUT2D eigenvalue weighted by Crippen LogP contribution is -2.34. The van der Waals surface area contributed by atoms with Gasteiger partial charge in [-0.3, -0.25) is 0 Å². The molecular weight excluding hydrogens is 256 g/mol. The van der Waals surface area contributed by atoms with Gasteiger partial charge in [0.05, 0.1) is 11.1 Å². The molecule has 1 aromatic rings. The van der Waals surface area contributed by atoms with E-state index in [0.29, 0.717) is 12.1 Å². The van der Waals surface area contributed by atoms with Crippen LogP contribution in [0, 0.1) is 0 Å². The van der Waals surface area contributed by atoms with Gasteiger partial charge in [0.1, 0.15) is 0 Å². The van der Waals surface area contributed by atoms with Gasteiger partial charge in [-0.2, -0.15) is 0 Å². The third-order valence-corrected chi connectivity index (χ3v) is 4.20. The second kappa shape index (κ2) is 6.25. The second-order valence-corrected chi connectivity index (χ2v) is 7.92. The van der Waals surface area contributed by atoms with Gasteiger partial charge < -0.3 is 10.1 Å². The topological polar surface area (TPSA) is 34.1 Å². The highest BCUT2D eigenvalue weighted by atomic mass is 32.2. The molecule has 0 saturated carbocycles. The third-order valence-electron chi connectivity index (χ3n) is 3.15. The Morgan fingerprint density at radius 2 is 2.26 bits per heavy atom. The van der Waals surface area contributed by atoms with E-state index in [2.05, 4.69) is 50.1 Å². The van der Waals surface area contributed by atoms with Crippen molar-refractivity contribution >= 4 is 11.8 Å². The van der Waals surface area contributed by atoms with Crippen LogP contribution in [-0.4, -0.2) is 28.5 Å². The van der Waals surface area contributed by atoms with Crippen LogP contribution >= 0.6 is 11.8 Å². The highest BCUT2D eigenvalue weighted by molar-refractivity contribution is 8.00. The fraction of sp³-hybridized carbons (Fsp3) is 0.667. The molecule has 106 valence electrons. The first-order valence-electron chi connectivity index (χ1n) is 6.93. The Hall–Kier alpha value is -0.580. The van der Waals surface area contributed by atoms with E-state index < -0.39 is 0 Å². The fourth-order valence-corrected chi connectivity index (χ4v) is 3.13. The van der Waals surface area contributed by atoms with E-state index >= 15 is 0 Å². The zero-order chi connectivity index (χ0) is 13.9. The minimum absolute atomic E-state index is 0.201. The van der Waals surface area contributed by atoms with E-state index in [1.165, 1.54) is 5.56 Å². The Morgan fingerprint density at radius 3 is 2.89 bits per heavy atom. The van der Waals surface area contributed by atoms with Crippen molar-refractivity contribution in [3.63, 3.8) is 0 Å². The number of ether oxygens (including phenoxy) is 1. The molecule has 2 rings (SSSR count). The largest absolute Gasteiger partial charge is 0.377 e. The Labute approximate surface area is 120 Å². The molecule has 3 nitrogen and oxygen atoms in total. The average molecular weight is 280 g/mol. The summed E-state index contributed by atoms with van der Waals surface area (Å²) in [5.41, 5.74) is 1.29. The molecule has 1 saturated heterocycles. The smallest absolute Gasteiger partial charge is 0.0968 e. The summed E-state index contributed by atoms with van der Waals surface area (Å²) in [4.78, 5) is 4.43. The van der Waals surface area contributed by atoms with Crippen molar-refractivity contribution in [2.75, 3.05) is 6.61 Å². The summed E-state index contributed by atoms with van der Waals surface area (Å²) in [6.07, 6.45) is 3.33. The summed E-state index contributed by atoms with van der Waals surface area (Å²) in [6.45, 7) is 10.5. The quantitative estimate of drug-likeness (QED) is 0.859. The van der Waals surface area contributed by atoms with Gasteiger partial charge in [0, 0.05) is 30.1 Å². The molecule has 4 heteroatoms. The monoisotopic (exact) mass is 280 g/mol. The minimum Gasteiger partial charge on any atom is -0.377 e. The fourth-order valence-electron chi connectivity index (χ4n) is 2.18. The van der Waals surface area contributed by atoms with Crippen molar-refractivity contribution < 1.29 is 4.74 Å². The molecule has 0 unspecified atom stereocenters. The molecule has 0 spiro atoms. The first kappa shape index (κ1) is 14.8. The average Bonchev–Trinajstić information content (AvgIpc) is 2.70. The molecule has 0 aliphatic carbocycles. The van der Waals surface area contributed by atoms with Crippen LogP contribution in [0.15, 0.2) is 23.4 Å². The van der Waals surface area contributed by atoms with Crippen molar-refractivity contribution in [3.05, 3.63) is 23.9 Å². The van der Waals surface area contributed by atoms with E-state index in [0.717, 1.165) is 24.6 Å². The van der Waals surface area contributed by atoms with Crippen LogP contribution in [0.4, 0.5) is 0 Å². The summed E-state index contributed by atoms with van der Waals surface area (Å²) in [7, 11) is 0. The number of nitrogens with one attached hydrogen (secondary N) is 1. The predicted molar refractivity (Wildman–Crippen MR) is 80.5 cm³/mol. The molecule has 1 aliphatic rings. The van der Waals surface area contributed by atoms with Gasteiger partial charge in [-0.15, -0.1) is 11.8 Å².